The molecule has 2 N–H and O–H groups in total. The van der Waals surface area contributed by atoms with Crippen LogP contribution in [-0.2, 0) is 4.74 Å². The molecule has 0 spiro atoms. The van der Waals surface area contributed by atoms with Crippen LogP contribution in [0.4, 0.5) is 5.69 Å². The molecular formula is C14H16N2O3. The molecule has 1 heterocycles. The standard InChI is InChI=1S/C14H16N2O3/c1-9(8-19-2)15-12-7-13(14(17)18)16-11-6-4-3-5-10(11)12/h3-7,9H,8H2,1-2H3,(H,15,16)(H,17,18). The first-order valence-corrected chi connectivity index (χ1v) is 6.00. The summed E-state index contributed by atoms with van der Waals surface area (Å²) in [5.41, 5.74) is 1.45. The number of benzene rings is 1. The van der Waals surface area contributed by atoms with Crippen molar-refractivity contribution in [3.05, 3.63) is 36.0 Å². The highest BCUT2D eigenvalue weighted by Gasteiger charge is 2.12. The largest absolute Gasteiger partial charge is 0.477 e. The summed E-state index contributed by atoms with van der Waals surface area (Å²) in [7, 11) is 1.63. The molecule has 19 heavy (non-hydrogen) atoms. The Kier molecular flexibility index (Phi) is 3.97. The number of rotatable bonds is 5. The van der Waals surface area contributed by atoms with Crippen LogP contribution in [0.2, 0.25) is 0 Å². The van der Waals surface area contributed by atoms with Crippen LogP contribution >= 0.6 is 0 Å². The van der Waals surface area contributed by atoms with Crippen LogP contribution in [0.3, 0.4) is 0 Å². The van der Waals surface area contributed by atoms with E-state index < -0.39 is 5.97 Å². The van der Waals surface area contributed by atoms with Crippen molar-refractivity contribution in [2.24, 2.45) is 0 Å². The number of anilines is 1. The zero-order chi connectivity index (χ0) is 13.8. The van der Waals surface area contributed by atoms with Gasteiger partial charge in [-0.15, -0.1) is 0 Å². The van der Waals surface area contributed by atoms with Gasteiger partial charge >= 0.3 is 5.97 Å². The molecule has 0 saturated heterocycles. The monoisotopic (exact) mass is 260 g/mol. The fourth-order valence-corrected chi connectivity index (χ4v) is 1.96. The summed E-state index contributed by atoms with van der Waals surface area (Å²) < 4.78 is 5.07. The second kappa shape index (κ2) is 5.67. The van der Waals surface area contributed by atoms with Gasteiger partial charge in [-0.2, -0.15) is 0 Å². The van der Waals surface area contributed by atoms with Gasteiger partial charge in [-0.05, 0) is 19.1 Å². The third kappa shape index (κ3) is 3.00. The molecule has 100 valence electrons. The highest BCUT2D eigenvalue weighted by atomic mass is 16.5. The van der Waals surface area contributed by atoms with Crippen LogP contribution < -0.4 is 5.32 Å². The minimum absolute atomic E-state index is 0.0332. The summed E-state index contributed by atoms with van der Waals surface area (Å²) in [4.78, 5) is 15.2. The van der Waals surface area contributed by atoms with Crippen molar-refractivity contribution in [1.82, 2.24) is 4.98 Å². The van der Waals surface area contributed by atoms with Gasteiger partial charge in [-0.3, -0.25) is 0 Å². The Labute approximate surface area is 111 Å². The van der Waals surface area contributed by atoms with Crippen molar-refractivity contribution in [3.63, 3.8) is 0 Å². The first kappa shape index (κ1) is 13.3. The zero-order valence-corrected chi connectivity index (χ0v) is 10.9. The van der Waals surface area contributed by atoms with E-state index in [-0.39, 0.29) is 11.7 Å². The van der Waals surface area contributed by atoms with Gasteiger partial charge in [0.2, 0.25) is 0 Å². The minimum Gasteiger partial charge on any atom is -0.477 e. The molecule has 5 nitrogen and oxygen atoms in total. The van der Waals surface area contributed by atoms with E-state index in [1.165, 1.54) is 0 Å². The molecule has 0 fully saturated rings. The lowest BCUT2D eigenvalue weighted by atomic mass is 10.1. The molecule has 0 amide bonds. The fourth-order valence-electron chi connectivity index (χ4n) is 1.96. The Hall–Kier alpha value is -2.14. The zero-order valence-electron chi connectivity index (χ0n) is 10.9. The quantitative estimate of drug-likeness (QED) is 0.863. The summed E-state index contributed by atoms with van der Waals surface area (Å²) in [6.45, 7) is 2.51. The van der Waals surface area contributed by atoms with Crippen LogP contribution in [0.5, 0.6) is 0 Å². The van der Waals surface area contributed by atoms with Gasteiger partial charge in [0.25, 0.3) is 0 Å². The lowest BCUT2D eigenvalue weighted by Crippen LogP contribution is -2.21. The molecule has 1 aromatic carbocycles. The van der Waals surface area contributed by atoms with E-state index in [2.05, 4.69) is 10.3 Å². The molecule has 5 heteroatoms. The van der Waals surface area contributed by atoms with E-state index >= 15 is 0 Å². The predicted octanol–water partition coefficient (Wildman–Crippen LogP) is 2.38. The molecule has 1 aromatic heterocycles. The van der Waals surface area contributed by atoms with Crippen LogP contribution in [-0.4, -0.2) is 35.8 Å². The summed E-state index contributed by atoms with van der Waals surface area (Å²) in [6.07, 6.45) is 0. The van der Waals surface area contributed by atoms with Gasteiger partial charge < -0.3 is 15.2 Å². The van der Waals surface area contributed by atoms with Crippen molar-refractivity contribution in [2.75, 3.05) is 19.0 Å². The maximum Gasteiger partial charge on any atom is 0.354 e. The van der Waals surface area contributed by atoms with E-state index in [4.69, 9.17) is 9.84 Å². The Balaban J connectivity index is 2.47. The smallest absolute Gasteiger partial charge is 0.354 e. The highest BCUT2D eigenvalue weighted by Crippen LogP contribution is 2.23. The van der Waals surface area contributed by atoms with Crippen LogP contribution in [0.25, 0.3) is 10.9 Å². The number of fused-ring (bicyclic) bond motifs is 1. The number of carboxylic acid groups (broad SMARTS) is 1. The first-order valence-electron chi connectivity index (χ1n) is 6.00. The SMILES string of the molecule is COCC(C)Nc1cc(C(=O)O)nc2ccccc12. The normalized spacial score (nSPS) is 12.3. The molecular weight excluding hydrogens is 244 g/mol. The van der Waals surface area contributed by atoms with Gasteiger partial charge in [-0.25, -0.2) is 9.78 Å². The number of methoxy groups -OCH3 is 1. The van der Waals surface area contributed by atoms with Crippen molar-refractivity contribution in [3.8, 4) is 0 Å². The second-order valence-corrected chi connectivity index (χ2v) is 4.38. The number of aromatic nitrogens is 1. The van der Waals surface area contributed by atoms with E-state index in [1.54, 1.807) is 19.2 Å². The number of ether oxygens (including phenoxy) is 1. The average molecular weight is 260 g/mol. The molecule has 1 unspecified atom stereocenters. The molecule has 0 aliphatic rings. The molecule has 0 radical (unpaired) electrons. The van der Waals surface area contributed by atoms with E-state index in [0.717, 1.165) is 11.1 Å². The highest BCUT2D eigenvalue weighted by molar-refractivity contribution is 5.97. The molecule has 2 aromatic rings. The molecule has 0 aliphatic carbocycles. The van der Waals surface area contributed by atoms with Gasteiger partial charge in [0.15, 0.2) is 5.69 Å². The lowest BCUT2D eigenvalue weighted by Gasteiger charge is -2.16. The molecule has 2 rings (SSSR count). The fraction of sp³-hybridized carbons (Fsp3) is 0.286. The number of nitrogens with one attached hydrogen (secondary N) is 1. The average Bonchev–Trinajstić information content (AvgIpc) is 2.38. The maximum atomic E-state index is 11.1. The number of aromatic carboxylic acids is 1. The van der Waals surface area contributed by atoms with Crippen molar-refractivity contribution < 1.29 is 14.6 Å². The molecule has 0 aliphatic heterocycles. The second-order valence-electron chi connectivity index (χ2n) is 4.38. The summed E-state index contributed by atoms with van der Waals surface area (Å²) >= 11 is 0. The summed E-state index contributed by atoms with van der Waals surface area (Å²) in [5.74, 6) is -1.03. The number of carbonyl (C=O) groups is 1. The number of hydrogen-bond donors (Lipinski definition) is 2. The third-order valence-electron chi connectivity index (χ3n) is 2.75. The van der Waals surface area contributed by atoms with Crippen LogP contribution in [0, 0.1) is 0 Å². The minimum atomic E-state index is -1.03. The lowest BCUT2D eigenvalue weighted by molar-refractivity contribution is 0.0691. The van der Waals surface area contributed by atoms with Crippen molar-refractivity contribution in [2.45, 2.75) is 13.0 Å². The number of nitrogens with zero attached hydrogens (tertiary/aromatic N) is 1. The van der Waals surface area contributed by atoms with Crippen LogP contribution in [0.15, 0.2) is 30.3 Å². The van der Waals surface area contributed by atoms with E-state index in [1.807, 2.05) is 25.1 Å². The van der Waals surface area contributed by atoms with E-state index in [9.17, 15) is 4.79 Å². The summed E-state index contributed by atoms with van der Waals surface area (Å²) in [6, 6.07) is 9.08. The van der Waals surface area contributed by atoms with E-state index in [0.29, 0.717) is 12.1 Å². The predicted molar refractivity (Wildman–Crippen MR) is 73.7 cm³/mol. The van der Waals surface area contributed by atoms with Crippen LogP contribution in [0.1, 0.15) is 17.4 Å². The number of para-hydroxylation sites is 1. The van der Waals surface area contributed by atoms with Crippen molar-refractivity contribution >= 4 is 22.6 Å². The Morgan fingerprint density at radius 2 is 2.21 bits per heavy atom. The Bertz CT molecular complexity index is 598. The maximum absolute atomic E-state index is 11.1. The topological polar surface area (TPSA) is 71.5 Å². The Morgan fingerprint density at radius 1 is 1.47 bits per heavy atom. The number of pyridine rings is 1. The first-order chi connectivity index (χ1) is 9.11. The van der Waals surface area contributed by atoms with Gasteiger partial charge in [0, 0.05) is 24.2 Å². The molecule has 1 atom stereocenters. The van der Waals surface area contributed by atoms with Gasteiger partial charge in [0.05, 0.1) is 12.1 Å². The molecule has 0 bridgehead atoms. The Morgan fingerprint density at radius 3 is 2.89 bits per heavy atom. The summed E-state index contributed by atoms with van der Waals surface area (Å²) in [5, 5.41) is 13.2. The third-order valence-corrected chi connectivity index (χ3v) is 2.75. The van der Waals surface area contributed by atoms with Gasteiger partial charge in [0.1, 0.15) is 0 Å². The van der Waals surface area contributed by atoms with Gasteiger partial charge in [-0.1, -0.05) is 18.2 Å². The molecule has 0 saturated carbocycles. The van der Waals surface area contributed by atoms with Crippen molar-refractivity contribution in [1.29, 1.82) is 0 Å². The number of hydrogen-bond acceptors (Lipinski definition) is 4. The number of carboxylic acids is 1.